The fourth-order valence-electron chi connectivity index (χ4n) is 8.72. The monoisotopic (exact) mass is 1030 g/mol. The van der Waals surface area contributed by atoms with E-state index in [1.807, 2.05) is 131 Å². The normalized spacial score (nSPS) is 11.3. The van der Waals surface area contributed by atoms with Gasteiger partial charge in [-0.3, -0.25) is 0 Å². The Labute approximate surface area is 425 Å². The van der Waals surface area contributed by atoms with Gasteiger partial charge in [-0.2, -0.15) is 0 Å². The molecule has 0 amide bonds. The maximum absolute atomic E-state index is 15.6. The Bertz CT molecular complexity index is 3520. The van der Waals surface area contributed by atoms with Crippen LogP contribution in [0, 0.1) is 58.2 Å². The van der Waals surface area contributed by atoms with Gasteiger partial charge in [0.15, 0.2) is 58.1 Å². The summed E-state index contributed by atoms with van der Waals surface area (Å²) in [5.41, 5.74) is 1.53. The van der Waals surface area contributed by atoms with Crippen LogP contribution in [-0.4, -0.2) is 9.97 Å². The second kappa shape index (κ2) is 20.0. The Kier molecular flexibility index (Phi) is 12.8. The summed E-state index contributed by atoms with van der Waals surface area (Å²) < 4.78 is 162. The van der Waals surface area contributed by atoms with Crippen LogP contribution in [0.1, 0.15) is 0 Å². The van der Waals surface area contributed by atoms with Gasteiger partial charge in [0.1, 0.15) is 11.4 Å². The smallest absolute Gasteiger partial charge is 0.227 e. The fraction of sp³-hybridized carbons (Fsp3) is 0. The van der Waals surface area contributed by atoms with Gasteiger partial charge >= 0.3 is 0 Å². The number of hydrogen-bond acceptors (Lipinski definition) is 6. The largest absolute Gasteiger partial charge is 0.435 e. The second-order valence-electron chi connectivity index (χ2n) is 17.0. The number of para-hydroxylation sites is 4. The highest BCUT2D eigenvalue weighted by Crippen LogP contribution is 2.45. The Morgan fingerprint density at radius 3 is 0.737 bits per heavy atom. The van der Waals surface area contributed by atoms with E-state index in [1.54, 1.807) is 24.3 Å². The van der Waals surface area contributed by atoms with Crippen LogP contribution in [0.25, 0.3) is 68.1 Å². The first kappa shape index (κ1) is 48.6. The minimum Gasteiger partial charge on any atom is -0.435 e. The number of halogens is 10. The minimum atomic E-state index is -2.38. The number of nitrogens with zero attached hydrogens (tertiary/aromatic N) is 4. The highest BCUT2D eigenvalue weighted by molar-refractivity contribution is 5.85. The molecule has 0 fully saturated rings. The molecule has 0 N–H and O–H groups in total. The molecule has 0 unspecified atom stereocenters. The van der Waals surface area contributed by atoms with Crippen molar-refractivity contribution in [3.8, 4) is 68.1 Å². The number of benzene rings is 9. The molecule has 6 nitrogen and oxygen atoms in total. The number of anilines is 6. The quantitative estimate of drug-likeness (QED) is 0.0690. The maximum Gasteiger partial charge on any atom is 0.227 e. The van der Waals surface area contributed by atoms with Crippen LogP contribution >= 0.6 is 0 Å². The number of rotatable bonds is 12. The standard InChI is InChI=1S/C60H32F10N4O2/c61-45-43(46(62)50(66)53(69)49(45)65)57-55(33-25-29-41(30-26-33)73(37-13-5-1-6-14-37)38-15-7-2-8-16-38)71-59(75-57)35-21-23-36(24-22-35)60-72-56(58(76-60)44-47(63)51(67)54(70)52(68)48(44)64)34-27-31-42(32-28-34)74(39-17-9-3-10-18-39)40-19-11-4-12-20-40/h1-32H. The molecule has 0 saturated heterocycles. The lowest BCUT2D eigenvalue weighted by molar-refractivity contribution is 0.379. The third-order valence-corrected chi connectivity index (χ3v) is 12.4. The van der Waals surface area contributed by atoms with Gasteiger partial charge in [0.05, 0.1) is 11.1 Å². The van der Waals surface area contributed by atoms with Crippen LogP contribution in [-0.2, 0) is 0 Å². The summed E-state index contributed by atoms with van der Waals surface area (Å²) in [5.74, 6) is -24.6. The molecule has 0 spiro atoms. The Morgan fingerprint density at radius 2 is 0.474 bits per heavy atom. The van der Waals surface area contributed by atoms with E-state index in [4.69, 9.17) is 8.83 Å². The molecule has 0 aliphatic rings. The molecule has 0 aliphatic heterocycles. The topological polar surface area (TPSA) is 58.5 Å². The van der Waals surface area contributed by atoms with Gasteiger partial charge in [0.25, 0.3) is 0 Å². The summed E-state index contributed by atoms with van der Waals surface area (Å²) in [6.07, 6.45) is 0. The summed E-state index contributed by atoms with van der Waals surface area (Å²) in [6, 6.07) is 55.6. The first-order valence-corrected chi connectivity index (χ1v) is 23.0. The van der Waals surface area contributed by atoms with Gasteiger partial charge in [0, 0.05) is 56.4 Å². The molecule has 16 heteroatoms. The van der Waals surface area contributed by atoms with Crippen molar-refractivity contribution in [3.63, 3.8) is 0 Å². The second-order valence-corrected chi connectivity index (χ2v) is 17.0. The van der Waals surface area contributed by atoms with Gasteiger partial charge in [-0.25, -0.2) is 53.9 Å². The molecule has 11 rings (SSSR count). The van der Waals surface area contributed by atoms with Crippen LogP contribution < -0.4 is 9.80 Å². The zero-order chi connectivity index (χ0) is 52.8. The van der Waals surface area contributed by atoms with Gasteiger partial charge in [0.2, 0.25) is 23.4 Å². The van der Waals surface area contributed by atoms with E-state index in [9.17, 15) is 26.3 Å². The molecule has 2 heterocycles. The van der Waals surface area contributed by atoms with Crippen molar-refractivity contribution in [2.45, 2.75) is 0 Å². The molecule has 0 aliphatic carbocycles. The van der Waals surface area contributed by atoms with Crippen molar-refractivity contribution in [3.05, 3.63) is 252 Å². The predicted octanol–water partition coefficient (Wildman–Crippen LogP) is 18.0. The highest BCUT2D eigenvalue weighted by Gasteiger charge is 2.34. The zero-order valence-electron chi connectivity index (χ0n) is 38.9. The first-order valence-electron chi connectivity index (χ1n) is 23.0. The fourth-order valence-corrected chi connectivity index (χ4v) is 8.72. The Hall–Kier alpha value is -9.70. The van der Waals surface area contributed by atoms with E-state index in [-0.39, 0.29) is 45.4 Å². The molecule has 9 aromatic carbocycles. The number of aromatic nitrogens is 2. The van der Waals surface area contributed by atoms with Crippen LogP contribution in [0.5, 0.6) is 0 Å². The molecule has 76 heavy (non-hydrogen) atoms. The van der Waals surface area contributed by atoms with Gasteiger partial charge < -0.3 is 18.6 Å². The highest BCUT2D eigenvalue weighted by atomic mass is 19.2. The molecule has 2 aromatic heterocycles. The third kappa shape index (κ3) is 8.68. The van der Waals surface area contributed by atoms with E-state index >= 15 is 17.6 Å². The minimum absolute atomic E-state index is 0.0832. The first-order chi connectivity index (χ1) is 36.9. The lowest BCUT2D eigenvalue weighted by atomic mass is 10.0. The van der Waals surface area contributed by atoms with Crippen LogP contribution in [0.4, 0.5) is 78.0 Å². The van der Waals surface area contributed by atoms with Crippen molar-refractivity contribution in [1.29, 1.82) is 0 Å². The zero-order valence-corrected chi connectivity index (χ0v) is 38.9. The summed E-state index contributed by atoms with van der Waals surface area (Å²) in [4.78, 5) is 12.9. The molecule has 0 bridgehead atoms. The van der Waals surface area contributed by atoms with Crippen molar-refractivity contribution < 1.29 is 52.7 Å². The molecule has 0 atom stereocenters. The number of oxazole rings is 2. The van der Waals surface area contributed by atoms with Crippen LogP contribution in [0.3, 0.4) is 0 Å². The van der Waals surface area contributed by atoms with E-state index in [0.717, 1.165) is 22.7 Å². The average molecular weight is 1030 g/mol. The van der Waals surface area contributed by atoms with Gasteiger partial charge in [-0.15, -0.1) is 0 Å². The van der Waals surface area contributed by atoms with E-state index in [2.05, 4.69) is 9.97 Å². The molecule has 374 valence electrons. The lowest BCUT2D eigenvalue weighted by Gasteiger charge is -2.25. The van der Waals surface area contributed by atoms with E-state index < -0.39 is 80.8 Å². The molecule has 0 saturated carbocycles. The molecular formula is C60H32F10N4O2. The summed E-state index contributed by atoms with van der Waals surface area (Å²) in [5, 5.41) is 0. The summed E-state index contributed by atoms with van der Waals surface area (Å²) in [7, 11) is 0. The van der Waals surface area contributed by atoms with Gasteiger partial charge in [-0.05, 0) is 97.1 Å². The van der Waals surface area contributed by atoms with Crippen molar-refractivity contribution in [2.24, 2.45) is 0 Å². The summed E-state index contributed by atoms with van der Waals surface area (Å²) in [6.45, 7) is 0. The van der Waals surface area contributed by atoms with Crippen molar-refractivity contribution in [1.82, 2.24) is 9.97 Å². The third-order valence-electron chi connectivity index (χ3n) is 12.4. The molecule has 11 aromatic rings. The van der Waals surface area contributed by atoms with Gasteiger partial charge in [-0.1, -0.05) is 97.1 Å². The Balaban J connectivity index is 1.000. The molecule has 0 radical (unpaired) electrons. The molecular weight excluding hydrogens is 999 g/mol. The predicted molar refractivity (Wildman–Crippen MR) is 268 cm³/mol. The van der Waals surface area contributed by atoms with E-state index in [1.165, 1.54) is 48.5 Å². The maximum atomic E-state index is 15.6. The SMILES string of the molecule is Fc1c(F)c(F)c(-c2oc(-c3ccc(-c4nc(-c5ccc(N(c6ccccc6)c6ccccc6)cc5)c(-c5c(F)c(F)c(F)c(F)c5F)o4)cc3)nc2-c2ccc(N(c3ccccc3)c3ccccc3)cc2)c(F)c1F. The van der Waals surface area contributed by atoms with E-state index in [0.29, 0.717) is 11.4 Å². The van der Waals surface area contributed by atoms with Crippen molar-refractivity contribution >= 4 is 34.1 Å². The number of hydrogen-bond donors (Lipinski definition) is 0. The van der Waals surface area contributed by atoms with Crippen molar-refractivity contribution in [2.75, 3.05) is 9.80 Å². The Morgan fingerprint density at radius 1 is 0.250 bits per heavy atom. The van der Waals surface area contributed by atoms with Crippen LogP contribution in [0.2, 0.25) is 0 Å². The van der Waals surface area contributed by atoms with Crippen LogP contribution in [0.15, 0.2) is 203 Å². The average Bonchev–Trinajstić information content (AvgIpc) is 4.11. The summed E-state index contributed by atoms with van der Waals surface area (Å²) >= 11 is 0. The lowest BCUT2D eigenvalue weighted by Crippen LogP contribution is -2.09.